The van der Waals surface area contributed by atoms with Gasteiger partial charge in [-0.2, -0.15) is 0 Å². The maximum atomic E-state index is 13.5. The minimum Gasteiger partial charge on any atom is -0.506 e. The van der Waals surface area contributed by atoms with Crippen molar-refractivity contribution in [2.45, 2.75) is 63.2 Å². The van der Waals surface area contributed by atoms with Crippen molar-refractivity contribution < 1.29 is 19.7 Å². The van der Waals surface area contributed by atoms with Crippen LogP contribution in [0.4, 0.5) is 11.4 Å². The summed E-state index contributed by atoms with van der Waals surface area (Å²) in [6.45, 7) is 4.54. The number of nitrogen functional groups attached to an aromatic ring is 1. The number of H-pyrrole nitrogens is 1. The Hall–Kier alpha value is -3.76. The average molecular weight is 822 g/mol. The number of ether oxygens (including phenoxy) is 1. The molecule has 0 saturated carbocycles. The number of benzene rings is 2. The Bertz CT molecular complexity index is 2130. The van der Waals surface area contributed by atoms with Crippen molar-refractivity contribution in [1.82, 2.24) is 15.2 Å². The molecule has 280 valence electrons. The summed E-state index contributed by atoms with van der Waals surface area (Å²) in [5.41, 5.74) is 11.5. The van der Waals surface area contributed by atoms with E-state index < -0.39 is 11.6 Å². The molecule has 0 spiro atoms. The van der Waals surface area contributed by atoms with Gasteiger partial charge in [0.1, 0.15) is 11.9 Å². The number of phenols is 1. The first-order valence-corrected chi connectivity index (χ1v) is 20.6. The Morgan fingerprint density at radius 3 is 2.66 bits per heavy atom. The highest BCUT2D eigenvalue weighted by molar-refractivity contribution is 9.11. The van der Waals surface area contributed by atoms with Gasteiger partial charge in [0.25, 0.3) is 0 Å². The number of carbonyl (C=O) groups excluding carboxylic acids is 1. The van der Waals surface area contributed by atoms with Crippen molar-refractivity contribution in [3.8, 4) is 5.75 Å². The summed E-state index contributed by atoms with van der Waals surface area (Å²) < 4.78 is 6.79. The van der Waals surface area contributed by atoms with Crippen LogP contribution in [-0.4, -0.2) is 64.9 Å². The normalized spacial score (nSPS) is 16.1. The lowest BCUT2D eigenvalue weighted by atomic mass is 9.99. The van der Waals surface area contributed by atoms with E-state index in [0.29, 0.717) is 46.9 Å². The molecule has 2 aliphatic rings. The number of carbonyl (C=O) groups is 1. The number of halogens is 1. The molecule has 0 radical (unpaired) electrons. The smallest absolute Gasteiger partial charge is 0.349 e. The summed E-state index contributed by atoms with van der Waals surface area (Å²) in [6.07, 6.45) is 5.78. The van der Waals surface area contributed by atoms with Crippen LogP contribution in [0.2, 0.25) is 0 Å². The van der Waals surface area contributed by atoms with Gasteiger partial charge in [0, 0.05) is 37.6 Å². The number of rotatable bonds is 14. The van der Waals surface area contributed by atoms with Crippen molar-refractivity contribution >= 4 is 66.9 Å². The molecular formula is C39H45BrN6O5S2. The number of piperidine rings is 1. The van der Waals surface area contributed by atoms with Crippen LogP contribution in [0.3, 0.4) is 0 Å². The van der Waals surface area contributed by atoms with E-state index in [1.165, 1.54) is 45.4 Å². The summed E-state index contributed by atoms with van der Waals surface area (Å²) in [6, 6.07) is 16.0. The number of nitrogens with two attached hydrogens (primary N) is 2. The molecule has 1 aliphatic carbocycles. The lowest BCUT2D eigenvalue weighted by Gasteiger charge is -2.34. The van der Waals surface area contributed by atoms with E-state index in [2.05, 4.69) is 37.2 Å². The second kappa shape index (κ2) is 16.3. The molecule has 1 atom stereocenters. The number of esters is 1. The molecule has 4 heterocycles. The number of aromatic nitrogens is 1. The molecule has 1 saturated heterocycles. The third-order valence-electron chi connectivity index (χ3n) is 10.4. The van der Waals surface area contributed by atoms with Crippen LogP contribution in [0.5, 0.6) is 5.75 Å². The number of phenolic OH excluding ortho intramolecular Hbond substituents is 1. The zero-order chi connectivity index (χ0) is 37.1. The SMILES string of the molecule is Nc1cc(CNCCc2ccc(O)c3[nH]c(=O)ccc23)c2c(c1N(N)CCCN1CCC(OC(=O)C(O)(c3cccs3)c3ccc(Br)s3)CC1)CCC2. The fraction of sp³-hybridized carbons (Fsp3) is 0.385. The Balaban J connectivity index is 0.892. The lowest BCUT2D eigenvalue weighted by molar-refractivity contribution is -0.169. The number of aromatic hydroxyl groups is 1. The number of pyridine rings is 1. The Kier molecular flexibility index (Phi) is 11.6. The van der Waals surface area contributed by atoms with Gasteiger partial charge in [-0.15, -0.1) is 22.7 Å². The van der Waals surface area contributed by atoms with Crippen molar-refractivity contribution in [1.29, 1.82) is 0 Å². The van der Waals surface area contributed by atoms with E-state index >= 15 is 0 Å². The Labute approximate surface area is 324 Å². The highest BCUT2D eigenvalue weighted by atomic mass is 79.9. The van der Waals surface area contributed by atoms with E-state index in [0.717, 1.165) is 78.7 Å². The lowest BCUT2D eigenvalue weighted by Crippen LogP contribution is -2.43. The Morgan fingerprint density at radius 1 is 1.09 bits per heavy atom. The monoisotopic (exact) mass is 820 g/mol. The van der Waals surface area contributed by atoms with Gasteiger partial charge >= 0.3 is 5.97 Å². The van der Waals surface area contributed by atoms with E-state index in [1.807, 2.05) is 28.6 Å². The van der Waals surface area contributed by atoms with Gasteiger partial charge in [-0.3, -0.25) is 4.79 Å². The molecule has 1 unspecified atom stereocenters. The fourth-order valence-corrected chi connectivity index (χ4v) is 10.1. The number of aromatic amines is 1. The highest BCUT2D eigenvalue weighted by Gasteiger charge is 2.45. The van der Waals surface area contributed by atoms with Gasteiger partial charge in [0.2, 0.25) is 11.2 Å². The molecule has 11 nitrogen and oxygen atoms in total. The number of anilines is 2. The minimum absolute atomic E-state index is 0.0684. The third-order valence-corrected chi connectivity index (χ3v) is 13.1. The number of aliphatic hydroxyl groups is 1. The van der Waals surface area contributed by atoms with Crippen LogP contribution in [0.25, 0.3) is 10.9 Å². The zero-order valence-corrected chi connectivity index (χ0v) is 32.6. The zero-order valence-electron chi connectivity index (χ0n) is 29.4. The minimum atomic E-state index is -1.82. The number of hydrogen-bond donors (Lipinski definition) is 6. The topological polar surface area (TPSA) is 170 Å². The van der Waals surface area contributed by atoms with Crippen LogP contribution in [0.15, 0.2) is 68.6 Å². The quantitative estimate of drug-likeness (QED) is 0.0275. The van der Waals surface area contributed by atoms with E-state index in [-0.39, 0.29) is 17.4 Å². The number of hydrazine groups is 1. The highest BCUT2D eigenvalue weighted by Crippen LogP contribution is 2.40. The number of nitrogens with zero attached hydrogens (tertiary/aromatic N) is 2. The maximum absolute atomic E-state index is 13.5. The van der Waals surface area contributed by atoms with Gasteiger partial charge in [0.15, 0.2) is 0 Å². The van der Waals surface area contributed by atoms with Crippen molar-refractivity contribution in [2.75, 3.05) is 43.5 Å². The second-order valence-corrected chi connectivity index (χ2v) is 17.3. The molecule has 53 heavy (non-hydrogen) atoms. The summed E-state index contributed by atoms with van der Waals surface area (Å²) in [4.78, 5) is 31.4. The van der Waals surface area contributed by atoms with Gasteiger partial charge in [-0.05, 0) is 138 Å². The molecule has 0 amide bonds. The van der Waals surface area contributed by atoms with Crippen molar-refractivity contribution in [2.24, 2.45) is 5.84 Å². The summed E-state index contributed by atoms with van der Waals surface area (Å²) in [5.74, 6) is 6.13. The Morgan fingerprint density at radius 2 is 1.91 bits per heavy atom. The van der Waals surface area contributed by atoms with E-state index in [9.17, 15) is 19.8 Å². The summed E-state index contributed by atoms with van der Waals surface area (Å²) in [7, 11) is 0. The maximum Gasteiger partial charge on any atom is 0.349 e. The second-order valence-electron chi connectivity index (χ2n) is 13.9. The number of likely N-dealkylation sites (tertiary alicyclic amines) is 1. The molecule has 1 fully saturated rings. The van der Waals surface area contributed by atoms with Crippen LogP contribution < -0.4 is 27.5 Å². The van der Waals surface area contributed by atoms with Crippen LogP contribution >= 0.6 is 38.6 Å². The predicted octanol–water partition coefficient (Wildman–Crippen LogP) is 5.54. The van der Waals surface area contributed by atoms with Gasteiger partial charge < -0.3 is 40.9 Å². The first-order valence-electron chi connectivity index (χ1n) is 18.1. The fourth-order valence-electron chi connectivity index (χ4n) is 7.71. The van der Waals surface area contributed by atoms with E-state index in [4.69, 9.17) is 16.3 Å². The van der Waals surface area contributed by atoms with Crippen molar-refractivity contribution in [3.63, 3.8) is 0 Å². The molecule has 7 rings (SSSR count). The summed E-state index contributed by atoms with van der Waals surface area (Å²) >= 11 is 6.12. The van der Waals surface area contributed by atoms with Crippen LogP contribution in [0.1, 0.15) is 57.7 Å². The summed E-state index contributed by atoms with van der Waals surface area (Å²) in [5, 5.41) is 29.9. The van der Waals surface area contributed by atoms with Crippen LogP contribution in [0, 0.1) is 0 Å². The molecule has 14 heteroatoms. The first kappa shape index (κ1) is 37.6. The molecule has 8 N–H and O–H groups in total. The molecular weight excluding hydrogens is 777 g/mol. The first-order chi connectivity index (χ1) is 25.6. The molecule has 3 aromatic heterocycles. The van der Waals surface area contributed by atoms with Crippen LogP contribution in [-0.2, 0) is 40.9 Å². The predicted molar refractivity (Wildman–Crippen MR) is 216 cm³/mol. The number of nitrogens with one attached hydrogen (secondary N) is 2. The molecule has 0 bridgehead atoms. The van der Waals surface area contributed by atoms with Crippen molar-refractivity contribution in [3.05, 3.63) is 106 Å². The number of hydrogen-bond acceptors (Lipinski definition) is 12. The molecule has 1 aliphatic heterocycles. The third kappa shape index (κ3) is 8.04. The van der Waals surface area contributed by atoms with Gasteiger partial charge in [-0.1, -0.05) is 12.1 Å². The molecule has 5 aromatic rings. The van der Waals surface area contributed by atoms with E-state index in [1.54, 1.807) is 24.3 Å². The number of fused-ring (bicyclic) bond motifs is 2. The average Bonchev–Trinajstić information content (AvgIpc) is 3.95. The largest absolute Gasteiger partial charge is 0.506 e. The number of thiophene rings is 2. The van der Waals surface area contributed by atoms with Gasteiger partial charge in [0.05, 0.1) is 30.4 Å². The molecule has 2 aromatic carbocycles. The van der Waals surface area contributed by atoms with Gasteiger partial charge in [-0.25, -0.2) is 10.6 Å². The standard InChI is InChI=1S/C39H45BrN6O5S2/c40-34-11-10-33(53-34)39(50,32-6-2-21-52-32)38(49)51-26-14-19-45(20-15-26)17-3-18-46(42)37-29-5-1-4-27(29)25(22-30(37)41)23-43-16-13-24-7-9-31(47)36-28(24)8-12-35(48)44-36/h2,6-12,21-22,26,43,47,50H,1,3-5,13-20,23,41-42H2,(H,44,48).